The number of rotatable bonds is 5. The van der Waals surface area contributed by atoms with Gasteiger partial charge in [-0.2, -0.15) is 5.26 Å². The molecule has 1 heterocycles. The maximum absolute atomic E-state index is 14.7. The van der Waals surface area contributed by atoms with Crippen LogP contribution in [0.3, 0.4) is 0 Å². The molecular weight excluding hydrogens is 357 g/mol. The fraction of sp³-hybridized carbons (Fsp3) is 0.609. The first-order valence-corrected chi connectivity index (χ1v) is 10.4. The van der Waals surface area contributed by atoms with Crippen molar-refractivity contribution >= 4 is 11.8 Å². The number of Topliss-reactive ketones (excluding diaryl/α,β-unsaturated/α-hetero) is 1. The quantitative estimate of drug-likeness (QED) is 0.553. The Bertz CT molecular complexity index is 815. The molecule has 4 nitrogen and oxygen atoms in total. The highest BCUT2D eigenvalue weighted by Crippen LogP contribution is 2.45. The second kappa shape index (κ2) is 7.31. The second-order valence-electron chi connectivity index (χ2n) is 8.77. The molecule has 0 N–H and O–H groups in total. The van der Waals surface area contributed by atoms with E-state index in [9.17, 15) is 19.2 Å². The van der Waals surface area contributed by atoms with E-state index in [4.69, 9.17) is 4.74 Å². The SMILES string of the molecule is N#CC1(c2ccc(CCC3(C4CCCC4)CC(=O)CC(=O)O3)cc2F)CCC1. The summed E-state index contributed by atoms with van der Waals surface area (Å²) in [6, 6.07) is 7.43. The van der Waals surface area contributed by atoms with E-state index in [1.807, 2.05) is 6.07 Å². The molecule has 1 unspecified atom stereocenters. The Kier molecular flexibility index (Phi) is 4.99. The number of ether oxygens (including phenoxy) is 1. The number of carbonyl (C=O) groups is 2. The number of nitrogens with zero attached hydrogens (tertiary/aromatic N) is 1. The average molecular weight is 383 g/mol. The van der Waals surface area contributed by atoms with Crippen LogP contribution >= 0.6 is 0 Å². The van der Waals surface area contributed by atoms with Gasteiger partial charge in [-0.05, 0) is 62.5 Å². The van der Waals surface area contributed by atoms with Gasteiger partial charge in [0.2, 0.25) is 0 Å². The first-order chi connectivity index (χ1) is 13.5. The van der Waals surface area contributed by atoms with E-state index in [1.165, 1.54) is 6.07 Å². The van der Waals surface area contributed by atoms with Gasteiger partial charge < -0.3 is 4.74 Å². The van der Waals surface area contributed by atoms with Crippen molar-refractivity contribution in [2.45, 2.75) is 81.6 Å². The van der Waals surface area contributed by atoms with E-state index in [0.29, 0.717) is 31.2 Å². The lowest BCUT2D eigenvalue weighted by Gasteiger charge is -2.41. The molecule has 1 aromatic rings. The lowest BCUT2D eigenvalue weighted by Crippen LogP contribution is -2.48. The van der Waals surface area contributed by atoms with Crippen LogP contribution in [0.15, 0.2) is 18.2 Å². The van der Waals surface area contributed by atoms with E-state index in [2.05, 4.69) is 6.07 Å². The van der Waals surface area contributed by atoms with Crippen molar-refractivity contribution in [3.8, 4) is 6.07 Å². The van der Waals surface area contributed by atoms with Crippen molar-refractivity contribution in [1.82, 2.24) is 0 Å². The topological polar surface area (TPSA) is 67.2 Å². The van der Waals surface area contributed by atoms with Crippen LogP contribution in [-0.4, -0.2) is 17.4 Å². The number of halogens is 1. The van der Waals surface area contributed by atoms with Gasteiger partial charge in [-0.25, -0.2) is 4.39 Å². The molecule has 2 aliphatic carbocycles. The molecule has 0 aromatic heterocycles. The van der Waals surface area contributed by atoms with Crippen molar-refractivity contribution in [2.75, 3.05) is 0 Å². The third-order valence-corrected chi connectivity index (χ3v) is 7.06. The Morgan fingerprint density at radius 2 is 1.93 bits per heavy atom. The van der Waals surface area contributed by atoms with Gasteiger partial charge >= 0.3 is 5.97 Å². The Balaban J connectivity index is 1.53. The third kappa shape index (κ3) is 3.34. The molecule has 0 amide bonds. The number of aryl methyl sites for hydroxylation is 1. The highest BCUT2D eigenvalue weighted by atomic mass is 19.1. The van der Waals surface area contributed by atoms with E-state index < -0.39 is 17.0 Å². The molecular formula is C23H26FNO3. The van der Waals surface area contributed by atoms with Gasteiger partial charge in [-0.15, -0.1) is 0 Å². The molecule has 4 rings (SSSR count). The van der Waals surface area contributed by atoms with E-state index >= 15 is 0 Å². The van der Waals surface area contributed by atoms with Crippen LogP contribution in [-0.2, 0) is 26.2 Å². The molecule has 0 bridgehead atoms. The molecule has 2 saturated carbocycles. The van der Waals surface area contributed by atoms with Crippen molar-refractivity contribution < 1.29 is 18.7 Å². The molecule has 1 atom stereocenters. The maximum Gasteiger partial charge on any atom is 0.313 e. The lowest BCUT2D eigenvalue weighted by molar-refractivity contribution is -0.178. The van der Waals surface area contributed by atoms with Gasteiger partial charge in [-0.3, -0.25) is 9.59 Å². The summed E-state index contributed by atoms with van der Waals surface area (Å²) in [5, 5.41) is 9.47. The Morgan fingerprint density at radius 1 is 1.18 bits per heavy atom. The van der Waals surface area contributed by atoms with E-state index in [-0.39, 0.29) is 30.4 Å². The van der Waals surface area contributed by atoms with Gasteiger partial charge in [0.05, 0.1) is 11.5 Å². The van der Waals surface area contributed by atoms with Crippen molar-refractivity contribution in [3.63, 3.8) is 0 Å². The van der Waals surface area contributed by atoms with Crippen molar-refractivity contribution in [3.05, 3.63) is 35.1 Å². The van der Waals surface area contributed by atoms with Crippen LogP contribution < -0.4 is 0 Å². The zero-order valence-corrected chi connectivity index (χ0v) is 16.1. The molecule has 1 aromatic carbocycles. The molecule has 3 aliphatic rings. The summed E-state index contributed by atoms with van der Waals surface area (Å²) in [7, 11) is 0. The van der Waals surface area contributed by atoms with Crippen LogP contribution in [0, 0.1) is 23.1 Å². The minimum absolute atomic E-state index is 0.0503. The normalized spacial score (nSPS) is 27.1. The van der Waals surface area contributed by atoms with Gasteiger partial charge in [0.15, 0.2) is 0 Å². The molecule has 0 radical (unpaired) electrons. The first-order valence-electron chi connectivity index (χ1n) is 10.4. The van der Waals surface area contributed by atoms with Gasteiger partial charge in [0.25, 0.3) is 0 Å². The number of hydrogen-bond acceptors (Lipinski definition) is 4. The zero-order chi connectivity index (χ0) is 19.8. The molecule has 0 spiro atoms. The number of nitriles is 1. The minimum atomic E-state index is -0.736. The number of carbonyl (C=O) groups excluding carboxylic acids is 2. The van der Waals surface area contributed by atoms with E-state index in [0.717, 1.165) is 37.7 Å². The summed E-state index contributed by atoms with van der Waals surface area (Å²) < 4.78 is 20.6. The van der Waals surface area contributed by atoms with Crippen LogP contribution in [0.25, 0.3) is 0 Å². The minimum Gasteiger partial charge on any atom is -0.458 e. The number of hydrogen-bond donors (Lipinski definition) is 0. The van der Waals surface area contributed by atoms with Crippen LogP contribution in [0.1, 0.15) is 75.3 Å². The molecule has 3 fully saturated rings. The predicted molar refractivity (Wildman–Crippen MR) is 101 cm³/mol. The standard InChI is InChI=1S/C23H26FNO3/c24-20-12-16(6-7-19(20)22(15-25)9-3-10-22)8-11-23(17-4-1-2-5-17)14-18(26)13-21(27)28-23/h6-7,12,17H,1-5,8-11,13-14H2. The second-order valence-corrected chi connectivity index (χ2v) is 8.77. The first kappa shape index (κ1) is 19.1. The van der Waals surface area contributed by atoms with Crippen molar-refractivity contribution in [2.24, 2.45) is 5.92 Å². The number of ketones is 1. The van der Waals surface area contributed by atoms with Gasteiger partial charge in [0, 0.05) is 12.0 Å². The average Bonchev–Trinajstić information content (AvgIpc) is 3.16. The molecule has 1 aliphatic heterocycles. The number of esters is 1. The largest absolute Gasteiger partial charge is 0.458 e. The lowest BCUT2D eigenvalue weighted by atomic mass is 9.65. The number of benzene rings is 1. The molecule has 28 heavy (non-hydrogen) atoms. The summed E-state index contributed by atoms with van der Waals surface area (Å²) >= 11 is 0. The Morgan fingerprint density at radius 3 is 2.50 bits per heavy atom. The summed E-state index contributed by atoms with van der Waals surface area (Å²) in [6.07, 6.45) is 7.75. The fourth-order valence-corrected chi connectivity index (χ4v) is 5.31. The highest BCUT2D eigenvalue weighted by molar-refractivity contribution is 5.98. The van der Waals surface area contributed by atoms with E-state index in [1.54, 1.807) is 6.07 Å². The maximum atomic E-state index is 14.7. The highest BCUT2D eigenvalue weighted by Gasteiger charge is 2.48. The summed E-state index contributed by atoms with van der Waals surface area (Å²) in [4.78, 5) is 24.2. The summed E-state index contributed by atoms with van der Waals surface area (Å²) in [5.41, 5.74) is -0.0891. The van der Waals surface area contributed by atoms with Gasteiger partial charge in [-0.1, -0.05) is 25.0 Å². The molecule has 1 saturated heterocycles. The van der Waals surface area contributed by atoms with Crippen molar-refractivity contribution in [1.29, 1.82) is 5.26 Å². The summed E-state index contributed by atoms with van der Waals surface area (Å²) in [6.45, 7) is 0. The van der Waals surface area contributed by atoms with Gasteiger partial charge in [0.1, 0.15) is 23.6 Å². The van der Waals surface area contributed by atoms with Crippen LogP contribution in [0.4, 0.5) is 4.39 Å². The predicted octanol–water partition coefficient (Wildman–Crippen LogP) is 4.54. The fourth-order valence-electron chi connectivity index (χ4n) is 5.31. The third-order valence-electron chi connectivity index (χ3n) is 7.06. The summed E-state index contributed by atoms with van der Waals surface area (Å²) in [5.74, 6) is -0.594. The zero-order valence-electron chi connectivity index (χ0n) is 16.1. The Labute approximate surface area is 165 Å². The smallest absolute Gasteiger partial charge is 0.313 e. The molecule has 148 valence electrons. The monoisotopic (exact) mass is 383 g/mol. The Hall–Kier alpha value is -2.22. The molecule has 5 heteroatoms. The number of cyclic esters (lactones) is 1. The van der Waals surface area contributed by atoms with Crippen LogP contribution in [0.2, 0.25) is 0 Å². The van der Waals surface area contributed by atoms with Crippen LogP contribution in [0.5, 0.6) is 0 Å².